The molecule has 0 fully saturated rings. The van der Waals surface area contributed by atoms with Crippen LogP contribution in [-0.4, -0.2) is 7.11 Å². The minimum absolute atomic E-state index is 0.661. The first-order valence-corrected chi connectivity index (χ1v) is 4.92. The third-order valence-electron chi connectivity index (χ3n) is 1.48. The summed E-state index contributed by atoms with van der Waals surface area (Å²) in [7, 11) is 1.61. The topological polar surface area (TPSA) is 9.23 Å². The zero-order valence-corrected chi connectivity index (χ0v) is 9.78. The summed E-state index contributed by atoms with van der Waals surface area (Å²) in [6, 6.07) is 5.85. The Kier molecular flexibility index (Phi) is 3.35. The molecular formula is C9H8Br2O. The van der Waals surface area contributed by atoms with E-state index in [0.717, 1.165) is 14.5 Å². The molecule has 0 aromatic heterocycles. The predicted octanol–water partition coefficient (Wildman–Crippen LogP) is 3.83. The van der Waals surface area contributed by atoms with Gasteiger partial charge in [0.1, 0.15) is 5.76 Å². The molecular weight excluding hydrogens is 284 g/mol. The van der Waals surface area contributed by atoms with E-state index in [1.165, 1.54) is 0 Å². The highest BCUT2D eigenvalue weighted by Crippen LogP contribution is 2.26. The van der Waals surface area contributed by atoms with Gasteiger partial charge in [-0.05, 0) is 34.1 Å². The van der Waals surface area contributed by atoms with E-state index in [9.17, 15) is 0 Å². The molecule has 0 aliphatic carbocycles. The molecule has 0 saturated carbocycles. The van der Waals surface area contributed by atoms with Gasteiger partial charge in [-0.1, -0.05) is 22.5 Å². The van der Waals surface area contributed by atoms with Crippen molar-refractivity contribution in [1.82, 2.24) is 0 Å². The van der Waals surface area contributed by atoms with Gasteiger partial charge in [0.2, 0.25) is 0 Å². The van der Waals surface area contributed by atoms with Gasteiger partial charge in [0, 0.05) is 14.5 Å². The lowest BCUT2D eigenvalue weighted by atomic mass is 10.2. The molecule has 1 nitrogen and oxygen atoms in total. The molecule has 0 saturated heterocycles. The van der Waals surface area contributed by atoms with Crippen LogP contribution in [0.2, 0.25) is 0 Å². The first-order chi connectivity index (χ1) is 5.65. The third kappa shape index (κ3) is 2.11. The molecule has 0 N–H and O–H groups in total. The first-order valence-electron chi connectivity index (χ1n) is 3.33. The SMILES string of the molecule is C=C(OC)c1ccc(Br)cc1Br. The van der Waals surface area contributed by atoms with Crippen molar-refractivity contribution in [3.05, 3.63) is 39.3 Å². The van der Waals surface area contributed by atoms with Crippen molar-refractivity contribution < 1.29 is 4.74 Å². The van der Waals surface area contributed by atoms with Gasteiger partial charge in [-0.15, -0.1) is 0 Å². The van der Waals surface area contributed by atoms with Crippen LogP contribution in [-0.2, 0) is 4.74 Å². The van der Waals surface area contributed by atoms with Gasteiger partial charge in [-0.3, -0.25) is 0 Å². The summed E-state index contributed by atoms with van der Waals surface area (Å²) in [5.41, 5.74) is 0.973. The van der Waals surface area contributed by atoms with Crippen molar-refractivity contribution >= 4 is 37.6 Å². The standard InChI is InChI=1S/C9H8Br2O/c1-6(12-2)8-4-3-7(10)5-9(8)11/h3-5H,1H2,2H3. The van der Waals surface area contributed by atoms with E-state index in [1.807, 2.05) is 18.2 Å². The fourth-order valence-corrected chi connectivity index (χ4v) is 2.09. The average molecular weight is 292 g/mol. The van der Waals surface area contributed by atoms with Crippen LogP contribution in [0.25, 0.3) is 5.76 Å². The maximum atomic E-state index is 5.02. The number of benzene rings is 1. The van der Waals surface area contributed by atoms with Crippen LogP contribution in [0, 0.1) is 0 Å². The zero-order chi connectivity index (χ0) is 9.14. The van der Waals surface area contributed by atoms with Crippen LogP contribution < -0.4 is 0 Å². The molecule has 0 spiro atoms. The molecule has 0 aliphatic rings. The highest BCUT2D eigenvalue weighted by Gasteiger charge is 2.03. The molecule has 64 valence electrons. The van der Waals surface area contributed by atoms with Crippen LogP contribution in [0.3, 0.4) is 0 Å². The number of halogens is 2. The van der Waals surface area contributed by atoms with Crippen LogP contribution >= 0.6 is 31.9 Å². The summed E-state index contributed by atoms with van der Waals surface area (Å²) in [6.07, 6.45) is 0. The molecule has 0 aliphatic heterocycles. The maximum absolute atomic E-state index is 5.02. The van der Waals surface area contributed by atoms with Crippen molar-refractivity contribution in [1.29, 1.82) is 0 Å². The van der Waals surface area contributed by atoms with Crippen molar-refractivity contribution in [2.75, 3.05) is 7.11 Å². The second kappa shape index (κ2) is 4.10. The Labute approximate surface area is 88.7 Å². The number of ether oxygens (including phenoxy) is 1. The molecule has 3 heteroatoms. The summed E-state index contributed by atoms with van der Waals surface area (Å²) < 4.78 is 7.02. The van der Waals surface area contributed by atoms with Gasteiger partial charge in [0.05, 0.1) is 7.11 Å². The Balaban J connectivity index is 3.09. The molecule has 0 amide bonds. The molecule has 0 heterocycles. The van der Waals surface area contributed by atoms with Crippen LogP contribution in [0.4, 0.5) is 0 Å². The summed E-state index contributed by atoms with van der Waals surface area (Å²) in [4.78, 5) is 0. The van der Waals surface area contributed by atoms with Gasteiger partial charge in [0.15, 0.2) is 0 Å². The Hall–Kier alpha value is -0.280. The fourth-order valence-electron chi connectivity index (χ4n) is 0.826. The number of rotatable bonds is 2. The number of hydrogen-bond acceptors (Lipinski definition) is 1. The van der Waals surface area contributed by atoms with Gasteiger partial charge < -0.3 is 4.74 Å². The minimum atomic E-state index is 0.661. The quantitative estimate of drug-likeness (QED) is 0.753. The normalized spacial score (nSPS) is 9.58. The monoisotopic (exact) mass is 290 g/mol. The van der Waals surface area contributed by atoms with Gasteiger partial charge in [-0.25, -0.2) is 0 Å². The van der Waals surface area contributed by atoms with Crippen molar-refractivity contribution in [3.63, 3.8) is 0 Å². The molecule has 0 atom stereocenters. The summed E-state index contributed by atoms with van der Waals surface area (Å²) in [5.74, 6) is 0.661. The molecule has 1 aromatic rings. The van der Waals surface area contributed by atoms with Gasteiger partial charge in [-0.2, -0.15) is 0 Å². The van der Waals surface area contributed by atoms with Crippen LogP contribution in [0.15, 0.2) is 33.7 Å². The van der Waals surface area contributed by atoms with Crippen molar-refractivity contribution in [2.45, 2.75) is 0 Å². The second-order valence-electron chi connectivity index (χ2n) is 2.25. The average Bonchev–Trinajstić information content (AvgIpc) is 2.03. The molecule has 0 radical (unpaired) electrons. The van der Waals surface area contributed by atoms with Gasteiger partial charge in [0.25, 0.3) is 0 Å². The maximum Gasteiger partial charge on any atom is 0.120 e. The Morgan fingerprint density at radius 3 is 2.58 bits per heavy atom. The van der Waals surface area contributed by atoms with E-state index < -0.39 is 0 Å². The highest BCUT2D eigenvalue weighted by atomic mass is 79.9. The lowest BCUT2D eigenvalue weighted by Crippen LogP contribution is -1.86. The molecule has 1 aromatic carbocycles. The number of hydrogen-bond donors (Lipinski definition) is 0. The Morgan fingerprint density at radius 1 is 1.42 bits per heavy atom. The van der Waals surface area contributed by atoms with Crippen molar-refractivity contribution in [3.8, 4) is 0 Å². The highest BCUT2D eigenvalue weighted by molar-refractivity contribution is 9.11. The largest absolute Gasteiger partial charge is 0.497 e. The second-order valence-corrected chi connectivity index (χ2v) is 4.02. The van der Waals surface area contributed by atoms with E-state index >= 15 is 0 Å². The lowest BCUT2D eigenvalue weighted by Gasteiger charge is -2.06. The lowest BCUT2D eigenvalue weighted by molar-refractivity contribution is 0.371. The van der Waals surface area contributed by atoms with E-state index in [0.29, 0.717) is 5.76 Å². The minimum Gasteiger partial charge on any atom is -0.497 e. The van der Waals surface area contributed by atoms with E-state index in [1.54, 1.807) is 7.11 Å². The molecule has 1 rings (SSSR count). The Morgan fingerprint density at radius 2 is 2.08 bits per heavy atom. The van der Waals surface area contributed by atoms with E-state index in [4.69, 9.17) is 4.74 Å². The first kappa shape index (κ1) is 9.81. The van der Waals surface area contributed by atoms with E-state index in [2.05, 4.69) is 38.4 Å². The number of methoxy groups -OCH3 is 1. The third-order valence-corrected chi connectivity index (χ3v) is 2.63. The Bertz CT molecular complexity index is 307. The van der Waals surface area contributed by atoms with Crippen LogP contribution in [0.1, 0.15) is 5.56 Å². The summed E-state index contributed by atoms with van der Waals surface area (Å²) >= 11 is 6.78. The molecule has 0 bridgehead atoms. The smallest absolute Gasteiger partial charge is 0.120 e. The van der Waals surface area contributed by atoms with Crippen LogP contribution in [0.5, 0.6) is 0 Å². The van der Waals surface area contributed by atoms with Gasteiger partial charge >= 0.3 is 0 Å². The molecule has 12 heavy (non-hydrogen) atoms. The summed E-state index contributed by atoms with van der Waals surface area (Å²) in [6.45, 7) is 3.77. The van der Waals surface area contributed by atoms with E-state index in [-0.39, 0.29) is 0 Å². The zero-order valence-electron chi connectivity index (χ0n) is 6.60. The molecule has 0 unspecified atom stereocenters. The fraction of sp³-hybridized carbons (Fsp3) is 0.111. The summed E-state index contributed by atoms with van der Waals surface area (Å²) in [5, 5.41) is 0. The van der Waals surface area contributed by atoms with Crippen molar-refractivity contribution in [2.24, 2.45) is 0 Å². The predicted molar refractivity (Wildman–Crippen MR) is 57.9 cm³/mol.